The van der Waals surface area contributed by atoms with Crippen LogP contribution in [0, 0.1) is 0 Å². The van der Waals surface area contributed by atoms with Gasteiger partial charge in [-0.3, -0.25) is 0 Å². The molecule has 1 atom stereocenters. The quantitative estimate of drug-likeness (QED) is 0.224. The van der Waals surface area contributed by atoms with Gasteiger partial charge in [0.2, 0.25) is 26.0 Å². The number of nitrogens with two attached hydrogens (primary N) is 2. The molecule has 0 bridgehead atoms. The Kier molecular flexibility index (Phi) is 5.69. The molecular weight excluding hydrogens is 464 g/mol. The minimum Gasteiger partial charge on any atom is -0.390 e. The molecule has 1 aliphatic heterocycles. The second-order valence-electron chi connectivity index (χ2n) is 6.90. The van der Waals surface area contributed by atoms with Gasteiger partial charge in [-0.25, -0.2) is 36.8 Å². The van der Waals surface area contributed by atoms with E-state index in [2.05, 4.69) is 30.3 Å². The van der Waals surface area contributed by atoms with Gasteiger partial charge in [0.15, 0.2) is 5.82 Å². The van der Waals surface area contributed by atoms with E-state index in [1.165, 1.54) is 6.07 Å². The van der Waals surface area contributed by atoms with Gasteiger partial charge in [0, 0.05) is 38.6 Å². The van der Waals surface area contributed by atoms with Gasteiger partial charge < -0.3 is 20.3 Å². The first-order valence-corrected chi connectivity index (χ1v) is 12.3. The molecule has 7 N–H and O–H groups in total. The van der Waals surface area contributed by atoms with E-state index in [1.807, 2.05) is 4.57 Å². The number of aliphatic hydroxyl groups excluding tert-OH is 1. The van der Waals surface area contributed by atoms with Crippen LogP contribution in [-0.2, 0) is 26.6 Å². The second-order valence-corrected chi connectivity index (χ2v) is 10.1. The molecule has 17 heteroatoms. The van der Waals surface area contributed by atoms with Crippen molar-refractivity contribution in [1.82, 2.24) is 34.9 Å². The summed E-state index contributed by atoms with van der Waals surface area (Å²) in [6, 6.07) is 2.54. The number of aromatic nitrogens is 6. The molecule has 2 aromatic heterocycles. The Hall–Kier alpha value is -2.96. The Bertz CT molecular complexity index is 1340. The van der Waals surface area contributed by atoms with Gasteiger partial charge in [-0.1, -0.05) is 0 Å². The smallest absolute Gasteiger partial charge is 0.242 e. The van der Waals surface area contributed by atoms with Crippen LogP contribution >= 0.6 is 0 Å². The fourth-order valence-corrected chi connectivity index (χ4v) is 6.06. The van der Waals surface area contributed by atoms with Crippen molar-refractivity contribution >= 4 is 31.7 Å². The third-order valence-corrected chi connectivity index (χ3v) is 7.42. The number of fused-ring (bicyclic) bond motifs is 1. The summed E-state index contributed by atoms with van der Waals surface area (Å²) in [7, 11) is -9.04. The summed E-state index contributed by atoms with van der Waals surface area (Å²) in [5.41, 5.74) is 5.47. The van der Waals surface area contributed by atoms with E-state index in [4.69, 9.17) is 10.9 Å². The van der Waals surface area contributed by atoms with Gasteiger partial charge in [-0.15, -0.1) is 5.10 Å². The molecular formula is C15H20N10O5S2. The van der Waals surface area contributed by atoms with E-state index in [-0.39, 0.29) is 17.9 Å². The molecule has 0 saturated heterocycles. The van der Waals surface area contributed by atoms with E-state index in [0.717, 1.165) is 6.07 Å². The van der Waals surface area contributed by atoms with Crippen LogP contribution in [0.2, 0.25) is 0 Å². The van der Waals surface area contributed by atoms with Gasteiger partial charge in [0.25, 0.3) is 0 Å². The molecule has 1 aliphatic rings. The van der Waals surface area contributed by atoms with Crippen LogP contribution in [0.4, 0.5) is 11.6 Å². The number of benzene rings is 1. The molecule has 0 saturated carbocycles. The van der Waals surface area contributed by atoms with Crippen LogP contribution in [-0.4, -0.2) is 77.9 Å². The number of imidazole rings is 1. The van der Waals surface area contributed by atoms with E-state index in [1.54, 1.807) is 17.3 Å². The van der Waals surface area contributed by atoms with Gasteiger partial charge >= 0.3 is 0 Å². The topological polar surface area (TPSA) is 228 Å². The monoisotopic (exact) mass is 484 g/mol. The maximum atomic E-state index is 13.0. The zero-order valence-corrected chi connectivity index (χ0v) is 18.1. The molecule has 0 spiro atoms. The zero-order chi connectivity index (χ0) is 23.1. The minimum absolute atomic E-state index is 0.104. The van der Waals surface area contributed by atoms with Gasteiger partial charge in [0.05, 0.1) is 17.4 Å². The number of anilines is 2. The lowest BCUT2D eigenvalue weighted by molar-refractivity contribution is 0.186. The Balaban J connectivity index is 1.96. The summed E-state index contributed by atoms with van der Waals surface area (Å²) in [6.07, 6.45) is 2.18. The third-order valence-electron chi connectivity index (χ3n) is 4.83. The average Bonchev–Trinajstić information content (AvgIpc) is 3.48. The van der Waals surface area contributed by atoms with E-state index >= 15 is 0 Å². The number of hydrogen-bond acceptors (Lipinski definition) is 11. The van der Waals surface area contributed by atoms with Crippen molar-refractivity contribution < 1.29 is 21.9 Å². The SMILES string of the molecule is NCC(O)CNS(=O)(=O)c1ccc(N2CCn3ccnc32)c(-c2nnn[nH]2)c1S(N)(=O)=O. The lowest BCUT2D eigenvalue weighted by Crippen LogP contribution is -2.37. The molecule has 3 aromatic rings. The van der Waals surface area contributed by atoms with Crippen molar-refractivity contribution in [3.05, 3.63) is 24.5 Å². The Labute approximate surface area is 182 Å². The molecule has 0 amide bonds. The number of nitrogens with one attached hydrogen (secondary N) is 2. The van der Waals surface area contributed by atoms with Crippen molar-refractivity contribution in [1.29, 1.82) is 0 Å². The first-order valence-electron chi connectivity index (χ1n) is 9.24. The van der Waals surface area contributed by atoms with Crippen molar-refractivity contribution in [3.63, 3.8) is 0 Å². The lowest BCUT2D eigenvalue weighted by atomic mass is 10.1. The highest BCUT2D eigenvalue weighted by molar-refractivity contribution is 7.92. The van der Waals surface area contributed by atoms with Crippen LogP contribution in [0.1, 0.15) is 0 Å². The highest BCUT2D eigenvalue weighted by Gasteiger charge is 2.34. The van der Waals surface area contributed by atoms with Crippen molar-refractivity contribution in [2.24, 2.45) is 10.9 Å². The fraction of sp³-hybridized carbons (Fsp3) is 0.333. The normalized spacial score (nSPS) is 15.2. The van der Waals surface area contributed by atoms with Crippen LogP contribution in [0.3, 0.4) is 0 Å². The third kappa shape index (κ3) is 3.96. The number of H-pyrrole nitrogens is 1. The first-order chi connectivity index (χ1) is 15.1. The number of primary sulfonamides is 1. The summed E-state index contributed by atoms with van der Waals surface area (Å²) in [4.78, 5) is 4.65. The maximum Gasteiger partial charge on any atom is 0.242 e. The molecule has 0 fully saturated rings. The van der Waals surface area contributed by atoms with E-state index in [0.29, 0.717) is 24.7 Å². The predicted molar refractivity (Wildman–Crippen MR) is 110 cm³/mol. The molecule has 3 heterocycles. The minimum atomic E-state index is -4.61. The average molecular weight is 485 g/mol. The maximum absolute atomic E-state index is 13.0. The first kappa shape index (κ1) is 22.2. The fourth-order valence-electron chi connectivity index (χ4n) is 3.39. The number of hydrogen-bond donors (Lipinski definition) is 5. The second kappa shape index (κ2) is 8.19. The number of sulfonamides is 2. The molecule has 172 valence electrons. The lowest BCUT2D eigenvalue weighted by Gasteiger charge is -2.22. The zero-order valence-electron chi connectivity index (χ0n) is 16.4. The number of aromatic amines is 1. The highest BCUT2D eigenvalue weighted by Crippen LogP contribution is 2.41. The van der Waals surface area contributed by atoms with Crippen molar-refractivity contribution in [3.8, 4) is 11.4 Å². The van der Waals surface area contributed by atoms with Gasteiger partial charge in [-0.2, -0.15) is 0 Å². The Morgan fingerprint density at radius 1 is 1.25 bits per heavy atom. The number of tetrazole rings is 1. The molecule has 0 aliphatic carbocycles. The van der Waals surface area contributed by atoms with Crippen LogP contribution in [0.25, 0.3) is 11.4 Å². The largest absolute Gasteiger partial charge is 0.390 e. The summed E-state index contributed by atoms with van der Waals surface area (Å²) >= 11 is 0. The Morgan fingerprint density at radius 3 is 2.69 bits per heavy atom. The highest BCUT2D eigenvalue weighted by atomic mass is 32.2. The molecule has 4 rings (SSSR count). The number of nitrogens with zero attached hydrogens (tertiary/aromatic N) is 6. The molecule has 32 heavy (non-hydrogen) atoms. The number of rotatable bonds is 8. The summed E-state index contributed by atoms with van der Waals surface area (Å²) in [5.74, 6) is 0.423. The molecule has 1 aromatic carbocycles. The standard InChI is InChI=1S/C15H20N10O5S2/c16-7-9(26)8-19-32(29,30)11-2-1-10(25-6-5-24-4-3-18-15(24)25)12(13(11)31(17,27)28)14-20-22-23-21-14/h1-4,9,19,26H,5-8,16H2,(H2,17,27,28)(H,20,21,22,23). The number of aliphatic hydroxyl groups is 1. The molecule has 15 nitrogen and oxygen atoms in total. The van der Waals surface area contributed by atoms with Crippen molar-refractivity contribution in [2.75, 3.05) is 24.5 Å². The summed E-state index contributed by atoms with van der Waals surface area (Å²) in [5, 5.41) is 28.3. The Morgan fingerprint density at radius 2 is 2.03 bits per heavy atom. The van der Waals surface area contributed by atoms with E-state index in [9.17, 15) is 21.9 Å². The van der Waals surface area contributed by atoms with Crippen LogP contribution in [0.5, 0.6) is 0 Å². The van der Waals surface area contributed by atoms with Gasteiger partial charge in [0.1, 0.15) is 9.79 Å². The molecule has 1 unspecified atom stereocenters. The molecule has 0 radical (unpaired) electrons. The van der Waals surface area contributed by atoms with Gasteiger partial charge in [-0.05, 0) is 22.6 Å². The van der Waals surface area contributed by atoms with E-state index < -0.39 is 42.5 Å². The summed E-state index contributed by atoms with van der Waals surface area (Å²) in [6.45, 7) is 0.398. The summed E-state index contributed by atoms with van der Waals surface area (Å²) < 4.78 is 55.2. The van der Waals surface area contributed by atoms with Crippen LogP contribution in [0.15, 0.2) is 34.3 Å². The predicted octanol–water partition coefficient (Wildman–Crippen LogP) is -2.54. The van der Waals surface area contributed by atoms with Crippen LogP contribution < -0.4 is 20.5 Å². The van der Waals surface area contributed by atoms with Crippen molar-refractivity contribution in [2.45, 2.75) is 22.4 Å².